The first-order valence-corrected chi connectivity index (χ1v) is 18.3. The predicted octanol–water partition coefficient (Wildman–Crippen LogP) is 9.45. The minimum absolute atomic E-state index is 0.182. The van der Waals surface area contributed by atoms with Gasteiger partial charge in [-0.25, -0.2) is 4.98 Å². The lowest BCUT2D eigenvalue weighted by atomic mass is 9.94. The molecule has 0 saturated heterocycles. The molecule has 2 aliphatic heterocycles. The molecule has 252 valence electrons. The first-order chi connectivity index (χ1) is 23.2. The standard InChI is InChI=1S/C40H53N3O4/c1-3-4-5-6-7-8-9-10-11-12-13-14-15-16-17-18-39-41-20-22-43(39)27-31-24-38(45-2)40(44)34-28-42-21-19-30-23-36-37(47-29-46-36)26-33(30)35(42)25-32(31)34/h20,22-26,28H,3-19,21,27,29H2,1-2H3/p+1. The molecule has 1 N–H and O–H groups in total. The minimum Gasteiger partial charge on any atom is -0.504 e. The molecule has 0 unspecified atom stereocenters. The largest absolute Gasteiger partial charge is 0.504 e. The normalized spacial score (nSPS) is 13.2. The fourth-order valence-corrected chi connectivity index (χ4v) is 7.41. The molecular weight excluding hydrogens is 586 g/mol. The van der Waals surface area contributed by atoms with Gasteiger partial charge in [0.25, 0.3) is 0 Å². The molecule has 0 spiro atoms. The summed E-state index contributed by atoms with van der Waals surface area (Å²) in [5.74, 6) is 3.41. The maximum atomic E-state index is 11.2. The molecule has 0 fully saturated rings. The Kier molecular flexibility index (Phi) is 11.6. The second kappa shape index (κ2) is 16.4. The van der Waals surface area contributed by atoms with Crippen molar-refractivity contribution in [1.29, 1.82) is 0 Å². The summed E-state index contributed by atoms with van der Waals surface area (Å²) in [6.07, 6.45) is 28.5. The van der Waals surface area contributed by atoms with Crippen LogP contribution in [0.1, 0.15) is 120 Å². The number of aromatic hydroxyl groups is 1. The van der Waals surface area contributed by atoms with E-state index in [-0.39, 0.29) is 12.5 Å². The molecule has 2 aromatic carbocycles. The van der Waals surface area contributed by atoms with E-state index in [1.54, 1.807) is 7.11 Å². The number of benzene rings is 2. The Labute approximate surface area is 280 Å². The van der Waals surface area contributed by atoms with Gasteiger partial charge in [0.2, 0.25) is 12.5 Å². The van der Waals surface area contributed by atoms with Crippen molar-refractivity contribution in [2.75, 3.05) is 13.9 Å². The number of methoxy groups -OCH3 is 1. The topological polar surface area (TPSA) is 69.6 Å². The molecule has 4 aromatic rings. The van der Waals surface area contributed by atoms with Crippen LogP contribution in [-0.2, 0) is 25.9 Å². The van der Waals surface area contributed by atoms with Crippen LogP contribution in [0.4, 0.5) is 0 Å². The Balaban J connectivity index is 1.04. The van der Waals surface area contributed by atoms with Crippen LogP contribution in [0.5, 0.6) is 23.0 Å². The lowest BCUT2D eigenvalue weighted by Gasteiger charge is -2.18. The van der Waals surface area contributed by atoms with Gasteiger partial charge in [-0.1, -0.05) is 96.8 Å². The SMILES string of the molecule is CCCCCCCCCCCCCCCCCc1nccn1Cc1cc(OC)c(O)c2c[n+]3c(cc12)-c1cc2c(cc1CC3)OCO2. The summed E-state index contributed by atoms with van der Waals surface area (Å²) in [6, 6.07) is 8.42. The third-order valence-corrected chi connectivity index (χ3v) is 10.2. The van der Waals surface area contributed by atoms with Crippen molar-refractivity contribution in [1.82, 2.24) is 9.55 Å². The first kappa shape index (κ1) is 33.2. The number of ether oxygens (including phenoxy) is 3. The molecule has 0 aliphatic carbocycles. The van der Waals surface area contributed by atoms with Crippen LogP contribution >= 0.6 is 0 Å². The molecule has 0 saturated carbocycles. The van der Waals surface area contributed by atoms with E-state index >= 15 is 0 Å². The highest BCUT2D eigenvalue weighted by atomic mass is 16.7. The summed E-state index contributed by atoms with van der Waals surface area (Å²) in [6.45, 7) is 4.05. The highest BCUT2D eigenvalue weighted by Gasteiger charge is 2.29. The van der Waals surface area contributed by atoms with Crippen LogP contribution < -0.4 is 18.8 Å². The Bertz CT molecular complexity index is 1630. The molecule has 0 amide bonds. The predicted molar refractivity (Wildman–Crippen MR) is 188 cm³/mol. The van der Waals surface area contributed by atoms with E-state index in [0.29, 0.717) is 12.3 Å². The zero-order valence-corrected chi connectivity index (χ0v) is 28.7. The van der Waals surface area contributed by atoms with Crippen LogP contribution in [0.3, 0.4) is 0 Å². The van der Waals surface area contributed by atoms with E-state index in [2.05, 4.69) is 46.7 Å². The van der Waals surface area contributed by atoms with E-state index in [1.165, 1.54) is 95.5 Å². The number of phenolic OH excluding ortho intramolecular Hbond substituents is 1. The molecule has 2 aromatic heterocycles. The maximum absolute atomic E-state index is 11.2. The summed E-state index contributed by atoms with van der Waals surface area (Å²) >= 11 is 0. The van der Waals surface area contributed by atoms with Gasteiger partial charge < -0.3 is 23.9 Å². The molecule has 0 radical (unpaired) electrons. The van der Waals surface area contributed by atoms with Crippen LogP contribution in [-0.4, -0.2) is 28.6 Å². The number of nitrogens with zero attached hydrogens (tertiary/aromatic N) is 3. The quantitative estimate of drug-likeness (QED) is 0.0817. The minimum atomic E-state index is 0.182. The Morgan fingerprint density at radius 1 is 0.830 bits per heavy atom. The fourth-order valence-electron chi connectivity index (χ4n) is 7.41. The van der Waals surface area contributed by atoms with Gasteiger partial charge in [-0.15, -0.1) is 0 Å². The van der Waals surface area contributed by atoms with E-state index in [4.69, 9.17) is 19.2 Å². The van der Waals surface area contributed by atoms with Gasteiger partial charge in [0.05, 0.1) is 18.1 Å². The van der Waals surface area contributed by atoms with E-state index < -0.39 is 0 Å². The number of aromatic nitrogens is 3. The number of rotatable bonds is 19. The molecule has 0 atom stereocenters. The number of pyridine rings is 1. The number of aryl methyl sites for hydroxylation is 3. The van der Waals surface area contributed by atoms with Crippen LogP contribution in [0.25, 0.3) is 22.0 Å². The van der Waals surface area contributed by atoms with Crippen molar-refractivity contribution in [3.05, 3.63) is 59.8 Å². The van der Waals surface area contributed by atoms with Gasteiger partial charge >= 0.3 is 0 Å². The van der Waals surface area contributed by atoms with Gasteiger partial charge in [-0.3, -0.25) is 0 Å². The number of phenols is 1. The maximum Gasteiger partial charge on any atom is 0.231 e. The lowest BCUT2D eigenvalue weighted by molar-refractivity contribution is -0.686. The molecule has 0 bridgehead atoms. The molecule has 2 aliphatic rings. The van der Waals surface area contributed by atoms with Crippen molar-refractivity contribution >= 4 is 10.8 Å². The zero-order chi connectivity index (χ0) is 32.4. The van der Waals surface area contributed by atoms with Gasteiger partial charge in [0, 0.05) is 43.2 Å². The summed E-state index contributed by atoms with van der Waals surface area (Å²) in [5.41, 5.74) is 4.63. The molecular formula is C40H54N3O4+. The van der Waals surface area contributed by atoms with Crippen LogP contribution in [0.15, 0.2) is 42.9 Å². The number of hydrogen-bond acceptors (Lipinski definition) is 5. The Hall–Kier alpha value is -3.74. The van der Waals surface area contributed by atoms with Gasteiger partial charge in [-0.2, -0.15) is 4.57 Å². The number of hydrogen-bond donors (Lipinski definition) is 1. The zero-order valence-electron chi connectivity index (χ0n) is 28.7. The molecule has 7 heteroatoms. The van der Waals surface area contributed by atoms with E-state index in [1.807, 2.05) is 12.3 Å². The second-order valence-electron chi connectivity index (χ2n) is 13.5. The van der Waals surface area contributed by atoms with Crippen molar-refractivity contribution in [3.8, 4) is 34.3 Å². The molecule has 7 nitrogen and oxygen atoms in total. The molecule has 47 heavy (non-hydrogen) atoms. The lowest BCUT2D eigenvalue weighted by Crippen LogP contribution is -2.40. The van der Waals surface area contributed by atoms with Crippen LogP contribution in [0.2, 0.25) is 0 Å². The summed E-state index contributed by atoms with van der Waals surface area (Å²) in [5, 5.41) is 13.0. The summed E-state index contributed by atoms with van der Waals surface area (Å²) in [4.78, 5) is 4.74. The Morgan fingerprint density at radius 3 is 2.17 bits per heavy atom. The molecule has 6 rings (SSSR count). The second-order valence-corrected chi connectivity index (χ2v) is 13.5. The smallest absolute Gasteiger partial charge is 0.231 e. The number of imidazole rings is 1. The van der Waals surface area contributed by atoms with E-state index in [0.717, 1.165) is 70.7 Å². The number of unbranched alkanes of at least 4 members (excludes halogenated alkanes) is 14. The fraction of sp³-hybridized carbons (Fsp3) is 0.550. The first-order valence-electron chi connectivity index (χ1n) is 18.3. The summed E-state index contributed by atoms with van der Waals surface area (Å²) < 4.78 is 21.5. The Morgan fingerprint density at radius 2 is 1.49 bits per heavy atom. The number of fused-ring (bicyclic) bond motifs is 5. The van der Waals surface area contributed by atoms with Crippen molar-refractivity contribution in [2.45, 2.75) is 129 Å². The van der Waals surface area contributed by atoms with Crippen molar-refractivity contribution in [2.24, 2.45) is 0 Å². The van der Waals surface area contributed by atoms with Crippen molar-refractivity contribution < 1.29 is 23.9 Å². The van der Waals surface area contributed by atoms with Gasteiger partial charge in [-0.05, 0) is 35.7 Å². The summed E-state index contributed by atoms with van der Waals surface area (Å²) in [7, 11) is 1.62. The third kappa shape index (κ3) is 8.05. The monoisotopic (exact) mass is 640 g/mol. The highest BCUT2D eigenvalue weighted by molar-refractivity contribution is 5.94. The van der Waals surface area contributed by atoms with Gasteiger partial charge in [0.15, 0.2) is 35.7 Å². The highest BCUT2D eigenvalue weighted by Crippen LogP contribution is 2.42. The van der Waals surface area contributed by atoms with Crippen LogP contribution in [0, 0.1) is 0 Å². The van der Waals surface area contributed by atoms with E-state index in [9.17, 15) is 5.11 Å². The molecule has 4 heterocycles. The van der Waals surface area contributed by atoms with Gasteiger partial charge in [0.1, 0.15) is 5.82 Å². The average Bonchev–Trinajstić information content (AvgIpc) is 3.75. The van der Waals surface area contributed by atoms with Crippen molar-refractivity contribution in [3.63, 3.8) is 0 Å². The average molecular weight is 641 g/mol. The third-order valence-electron chi connectivity index (χ3n) is 10.2.